The topological polar surface area (TPSA) is 112 Å². The fraction of sp³-hybridized carbons (Fsp3) is 0.600. The molecule has 23 heavy (non-hydrogen) atoms. The maximum Gasteiger partial charge on any atom is 0.274 e. The van der Waals surface area contributed by atoms with E-state index in [2.05, 4.69) is 20.4 Å². The number of hydrogen-bond acceptors (Lipinski definition) is 5. The van der Waals surface area contributed by atoms with Gasteiger partial charge in [-0.05, 0) is 12.8 Å². The van der Waals surface area contributed by atoms with Gasteiger partial charge in [0.15, 0.2) is 0 Å². The number of rotatable bonds is 7. The number of aliphatic hydroxyl groups is 1. The Morgan fingerprint density at radius 3 is 2.87 bits per heavy atom. The van der Waals surface area contributed by atoms with Crippen LogP contribution >= 0.6 is 0 Å². The van der Waals surface area contributed by atoms with Crippen LogP contribution in [0.3, 0.4) is 0 Å². The quantitative estimate of drug-likeness (QED) is 0.673. The molecular formula is C15H23N5O3. The zero-order chi connectivity index (χ0) is 17.0. The number of amides is 1. The van der Waals surface area contributed by atoms with E-state index in [0.29, 0.717) is 23.7 Å². The van der Waals surface area contributed by atoms with Crippen molar-refractivity contribution in [3.63, 3.8) is 0 Å². The number of hydrogen-bond donors (Lipinski definition) is 3. The van der Waals surface area contributed by atoms with Crippen LogP contribution in [0.4, 0.5) is 0 Å². The minimum absolute atomic E-state index is 0.0794. The van der Waals surface area contributed by atoms with Crippen LogP contribution in [0.15, 0.2) is 10.9 Å². The molecule has 0 bridgehead atoms. The first-order valence-electron chi connectivity index (χ1n) is 7.80. The Kier molecular flexibility index (Phi) is 5.49. The lowest BCUT2D eigenvalue weighted by Crippen LogP contribution is -2.41. The van der Waals surface area contributed by atoms with Gasteiger partial charge in [0.1, 0.15) is 5.82 Å². The molecule has 2 heterocycles. The monoisotopic (exact) mass is 321 g/mol. The average Bonchev–Trinajstić information content (AvgIpc) is 2.93. The number of aryl methyl sites for hydroxylation is 2. The van der Waals surface area contributed by atoms with E-state index in [1.54, 1.807) is 6.92 Å². The van der Waals surface area contributed by atoms with E-state index in [-0.39, 0.29) is 36.5 Å². The first kappa shape index (κ1) is 17.1. The van der Waals surface area contributed by atoms with Crippen LogP contribution in [0.5, 0.6) is 0 Å². The SMILES string of the molecule is CCC(C)C(CO)NC(=O)CCc1nc2nc(C)cc(=O)n2[nH]1. The molecule has 2 rings (SSSR count). The maximum absolute atomic E-state index is 12.0. The number of fused-ring (bicyclic) bond motifs is 1. The molecule has 2 unspecified atom stereocenters. The van der Waals surface area contributed by atoms with Crippen LogP contribution in [0, 0.1) is 12.8 Å². The van der Waals surface area contributed by atoms with Crippen molar-refractivity contribution in [1.82, 2.24) is 24.9 Å². The van der Waals surface area contributed by atoms with E-state index < -0.39 is 0 Å². The predicted molar refractivity (Wildman–Crippen MR) is 85.1 cm³/mol. The summed E-state index contributed by atoms with van der Waals surface area (Å²) < 4.78 is 1.26. The van der Waals surface area contributed by atoms with Gasteiger partial charge in [-0.3, -0.25) is 14.7 Å². The second-order valence-corrected chi connectivity index (χ2v) is 5.78. The van der Waals surface area contributed by atoms with Crippen molar-refractivity contribution < 1.29 is 9.90 Å². The van der Waals surface area contributed by atoms with Crippen LogP contribution in [0.25, 0.3) is 5.78 Å². The highest BCUT2D eigenvalue weighted by molar-refractivity contribution is 5.76. The van der Waals surface area contributed by atoms with Gasteiger partial charge in [-0.2, -0.15) is 9.50 Å². The molecule has 2 atom stereocenters. The molecule has 0 aliphatic rings. The molecule has 8 heteroatoms. The summed E-state index contributed by atoms with van der Waals surface area (Å²) in [7, 11) is 0. The van der Waals surface area contributed by atoms with Crippen LogP contribution in [0.2, 0.25) is 0 Å². The Morgan fingerprint density at radius 2 is 2.22 bits per heavy atom. The molecule has 0 radical (unpaired) electrons. The first-order chi connectivity index (χ1) is 10.9. The lowest BCUT2D eigenvalue weighted by Gasteiger charge is -2.21. The number of aromatic amines is 1. The van der Waals surface area contributed by atoms with Crippen LogP contribution in [-0.4, -0.2) is 43.2 Å². The van der Waals surface area contributed by atoms with Crippen LogP contribution in [-0.2, 0) is 11.2 Å². The Balaban J connectivity index is 1.99. The molecule has 1 amide bonds. The molecule has 2 aromatic rings. The fourth-order valence-electron chi connectivity index (χ4n) is 2.31. The minimum Gasteiger partial charge on any atom is -0.394 e. The summed E-state index contributed by atoms with van der Waals surface area (Å²) in [4.78, 5) is 32.2. The largest absolute Gasteiger partial charge is 0.394 e. The van der Waals surface area contributed by atoms with Crippen molar-refractivity contribution >= 4 is 11.7 Å². The second-order valence-electron chi connectivity index (χ2n) is 5.78. The Morgan fingerprint density at radius 1 is 1.48 bits per heavy atom. The van der Waals surface area contributed by atoms with Gasteiger partial charge in [0, 0.05) is 24.6 Å². The molecule has 0 saturated carbocycles. The van der Waals surface area contributed by atoms with Gasteiger partial charge < -0.3 is 10.4 Å². The minimum atomic E-state index is -0.241. The molecule has 0 aromatic carbocycles. The van der Waals surface area contributed by atoms with Gasteiger partial charge in [0.05, 0.1) is 12.6 Å². The number of carbonyl (C=O) groups excluding carboxylic acids is 1. The van der Waals surface area contributed by atoms with Crippen molar-refractivity contribution in [2.75, 3.05) is 6.61 Å². The van der Waals surface area contributed by atoms with Crippen LogP contribution < -0.4 is 10.9 Å². The zero-order valence-corrected chi connectivity index (χ0v) is 13.7. The van der Waals surface area contributed by atoms with Gasteiger partial charge in [0.25, 0.3) is 11.3 Å². The fourth-order valence-corrected chi connectivity index (χ4v) is 2.31. The van der Waals surface area contributed by atoms with Gasteiger partial charge in [-0.25, -0.2) is 4.98 Å². The summed E-state index contributed by atoms with van der Waals surface area (Å²) in [5.74, 6) is 0.889. The highest BCUT2D eigenvalue weighted by atomic mass is 16.3. The molecule has 2 aromatic heterocycles. The molecule has 0 spiro atoms. The van der Waals surface area contributed by atoms with Crippen molar-refractivity contribution in [2.24, 2.45) is 5.92 Å². The van der Waals surface area contributed by atoms with E-state index in [1.165, 1.54) is 10.6 Å². The van der Waals surface area contributed by atoms with E-state index in [9.17, 15) is 14.7 Å². The predicted octanol–water partition coefficient (Wildman–Crippen LogP) is 0.182. The summed E-state index contributed by atoms with van der Waals surface area (Å²) in [6.45, 7) is 5.65. The third kappa shape index (κ3) is 4.16. The number of carbonyl (C=O) groups is 1. The number of H-pyrrole nitrogens is 1. The van der Waals surface area contributed by atoms with Crippen molar-refractivity contribution in [3.05, 3.63) is 27.9 Å². The molecule has 0 aliphatic heterocycles. The number of aromatic nitrogens is 4. The standard InChI is InChI=1S/C15H23N5O3/c1-4-9(2)11(8-21)17-13(22)6-5-12-18-15-16-10(3)7-14(23)20(15)19-12/h7,9,11,21H,4-6,8H2,1-3H3,(H,17,22)(H,16,18,19). The molecule has 0 fully saturated rings. The Bertz CT molecular complexity index is 736. The number of nitrogens with zero attached hydrogens (tertiary/aromatic N) is 3. The van der Waals surface area contributed by atoms with E-state index in [1.807, 2.05) is 13.8 Å². The summed E-state index contributed by atoms with van der Waals surface area (Å²) in [6.07, 6.45) is 1.47. The maximum atomic E-state index is 12.0. The van der Waals surface area contributed by atoms with E-state index >= 15 is 0 Å². The third-order valence-corrected chi connectivity index (χ3v) is 3.97. The summed E-state index contributed by atoms with van der Waals surface area (Å²) in [5.41, 5.74) is 0.373. The Labute approximate surface area is 133 Å². The van der Waals surface area contributed by atoms with E-state index in [4.69, 9.17) is 0 Å². The molecular weight excluding hydrogens is 298 g/mol. The summed E-state index contributed by atoms with van der Waals surface area (Å²) in [6, 6.07) is 1.18. The molecule has 8 nitrogen and oxygen atoms in total. The summed E-state index contributed by atoms with van der Waals surface area (Å²) in [5, 5.41) is 15.0. The van der Waals surface area contributed by atoms with E-state index in [0.717, 1.165) is 6.42 Å². The van der Waals surface area contributed by atoms with Crippen molar-refractivity contribution in [1.29, 1.82) is 0 Å². The van der Waals surface area contributed by atoms with Gasteiger partial charge in [-0.1, -0.05) is 20.3 Å². The highest BCUT2D eigenvalue weighted by Crippen LogP contribution is 2.07. The molecule has 126 valence electrons. The Hall–Kier alpha value is -2.22. The first-order valence-corrected chi connectivity index (χ1v) is 7.80. The average molecular weight is 321 g/mol. The van der Waals surface area contributed by atoms with Crippen molar-refractivity contribution in [2.45, 2.75) is 46.1 Å². The normalized spacial score (nSPS) is 13.9. The number of nitrogens with one attached hydrogen (secondary N) is 2. The van der Waals surface area contributed by atoms with Gasteiger partial charge in [0.2, 0.25) is 5.91 Å². The smallest absolute Gasteiger partial charge is 0.274 e. The van der Waals surface area contributed by atoms with Crippen molar-refractivity contribution in [3.8, 4) is 0 Å². The van der Waals surface area contributed by atoms with Gasteiger partial charge >= 0.3 is 0 Å². The lowest BCUT2D eigenvalue weighted by molar-refractivity contribution is -0.122. The molecule has 0 saturated heterocycles. The summed E-state index contributed by atoms with van der Waals surface area (Å²) >= 11 is 0. The highest BCUT2D eigenvalue weighted by Gasteiger charge is 2.17. The van der Waals surface area contributed by atoms with Crippen LogP contribution in [0.1, 0.15) is 38.2 Å². The number of aliphatic hydroxyl groups excluding tert-OH is 1. The third-order valence-electron chi connectivity index (χ3n) is 3.97. The van der Waals surface area contributed by atoms with Gasteiger partial charge in [-0.15, -0.1) is 0 Å². The second kappa shape index (κ2) is 7.36. The molecule has 0 aliphatic carbocycles. The lowest BCUT2D eigenvalue weighted by atomic mass is 10.00. The zero-order valence-electron chi connectivity index (χ0n) is 13.7. The molecule has 3 N–H and O–H groups in total.